The minimum atomic E-state index is -1.08. The van der Waals surface area contributed by atoms with Crippen molar-refractivity contribution in [2.45, 2.75) is 0 Å². The zero-order valence-corrected chi connectivity index (χ0v) is 13.6. The Hall–Kier alpha value is -3.49. The molecule has 0 saturated heterocycles. The van der Waals surface area contributed by atoms with E-state index in [9.17, 15) is 19.7 Å². The van der Waals surface area contributed by atoms with Crippen molar-refractivity contribution in [1.82, 2.24) is 4.98 Å². The molecule has 0 bridgehead atoms. The van der Waals surface area contributed by atoms with Gasteiger partial charge in [-0.2, -0.15) is 0 Å². The first-order valence-electron chi connectivity index (χ1n) is 6.94. The number of hydrogen-bond acceptors (Lipinski definition) is 8. The Morgan fingerprint density at radius 2 is 1.56 bits per heavy atom. The number of rotatable bonds is 5. The zero-order valence-electron chi connectivity index (χ0n) is 13.6. The topological polar surface area (TPSA) is 118 Å². The van der Waals surface area contributed by atoms with Crippen molar-refractivity contribution in [2.75, 3.05) is 21.3 Å². The van der Waals surface area contributed by atoms with E-state index in [0.29, 0.717) is 5.56 Å². The molecule has 0 N–H and O–H groups in total. The molecule has 0 radical (unpaired) electrons. The highest BCUT2D eigenvalue weighted by Crippen LogP contribution is 2.38. The molecule has 2 rings (SSSR count). The van der Waals surface area contributed by atoms with Crippen LogP contribution in [0.3, 0.4) is 0 Å². The maximum Gasteiger partial charge on any atom is 0.346 e. The first kappa shape index (κ1) is 17.9. The Morgan fingerprint density at radius 3 is 2.04 bits per heavy atom. The van der Waals surface area contributed by atoms with Gasteiger partial charge in [0.2, 0.25) is 5.88 Å². The smallest absolute Gasteiger partial charge is 0.346 e. The molecule has 0 unspecified atom stereocenters. The molecule has 25 heavy (non-hydrogen) atoms. The summed E-state index contributed by atoms with van der Waals surface area (Å²) < 4.78 is 14.3. The van der Waals surface area contributed by atoms with Gasteiger partial charge in [-0.05, 0) is 0 Å². The summed E-state index contributed by atoms with van der Waals surface area (Å²) in [4.78, 5) is 39.2. The van der Waals surface area contributed by atoms with E-state index in [-0.39, 0.29) is 11.6 Å². The van der Waals surface area contributed by atoms with Crippen LogP contribution in [0, 0.1) is 10.1 Å². The molecular weight excluding hydrogens is 332 g/mol. The third-order valence-electron chi connectivity index (χ3n) is 3.34. The molecule has 0 fully saturated rings. The normalized spacial score (nSPS) is 10.0. The van der Waals surface area contributed by atoms with Gasteiger partial charge in [-0.15, -0.1) is 0 Å². The molecule has 130 valence electrons. The van der Waals surface area contributed by atoms with E-state index in [2.05, 4.69) is 14.5 Å². The quantitative estimate of drug-likeness (QED) is 0.459. The Balaban J connectivity index is 2.99. The number of nitrogens with zero attached hydrogens (tertiary/aromatic N) is 2. The van der Waals surface area contributed by atoms with Crippen molar-refractivity contribution in [3.8, 4) is 17.1 Å². The standard InChI is InChI=1S/C16H14N2O7/c1-23-14-11(16(20)25-3)10(15(19)24-2)13(18(21)22)12(17-14)9-7-5-4-6-8-9/h4-8H,1-3H3. The van der Waals surface area contributed by atoms with Crippen LogP contribution < -0.4 is 4.74 Å². The van der Waals surface area contributed by atoms with Crippen LogP contribution in [0.5, 0.6) is 5.88 Å². The van der Waals surface area contributed by atoms with Crippen molar-refractivity contribution in [2.24, 2.45) is 0 Å². The summed E-state index contributed by atoms with van der Waals surface area (Å²) >= 11 is 0. The first-order chi connectivity index (χ1) is 12.0. The number of nitro groups is 1. The summed E-state index contributed by atoms with van der Waals surface area (Å²) in [5, 5.41) is 11.7. The SMILES string of the molecule is COC(=O)c1c(OC)nc(-c2ccccc2)c([N+](=O)[O-])c1C(=O)OC. The number of ether oxygens (including phenoxy) is 3. The molecule has 0 amide bonds. The average molecular weight is 346 g/mol. The Morgan fingerprint density at radius 1 is 1.00 bits per heavy atom. The fourth-order valence-electron chi connectivity index (χ4n) is 2.27. The summed E-state index contributed by atoms with van der Waals surface area (Å²) in [6.45, 7) is 0. The highest BCUT2D eigenvalue weighted by atomic mass is 16.6. The predicted molar refractivity (Wildman–Crippen MR) is 85.6 cm³/mol. The minimum absolute atomic E-state index is 0.129. The Bertz CT molecular complexity index is 834. The molecule has 1 aromatic heterocycles. The maximum absolute atomic E-state index is 12.2. The van der Waals surface area contributed by atoms with Crippen LogP contribution in [-0.4, -0.2) is 43.2 Å². The molecule has 9 heteroatoms. The highest BCUT2D eigenvalue weighted by Gasteiger charge is 2.37. The zero-order chi connectivity index (χ0) is 18.6. The summed E-state index contributed by atoms with van der Waals surface area (Å²) in [7, 11) is 3.33. The van der Waals surface area contributed by atoms with E-state index in [1.165, 1.54) is 7.11 Å². The molecule has 0 spiro atoms. The van der Waals surface area contributed by atoms with Crippen LogP contribution in [0.1, 0.15) is 20.7 Å². The monoisotopic (exact) mass is 346 g/mol. The number of pyridine rings is 1. The van der Waals surface area contributed by atoms with Gasteiger partial charge in [-0.25, -0.2) is 14.6 Å². The largest absolute Gasteiger partial charge is 0.480 e. The first-order valence-corrected chi connectivity index (χ1v) is 6.94. The fourth-order valence-corrected chi connectivity index (χ4v) is 2.27. The van der Waals surface area contributed by atoms with Gasteiger partial charge in [-0.1, -0.05) is 30.3 Å². The third kappa shape index (κ3) is 3.25. The van der Waals surface area contributed by atoms with E-state index < -0.39 is 33.7 Å². The maximum atomic E-state index is 12.2. The van der Waals surface area contributed by atoms with Crippen LogP contribution in [0.2, 0.25) is 0 Å². The summed E-state index contributed by atoms with van der Waals surface area (Å²) in [6, 6.07) is 8.18. The molecule has 2 aromatic rings. The lowest BCUT2D eigenvalue weighted by Crippen LogP contribution is -2.18. The summed E-state index contributed by atoms with van der Waals surface area (Å²) in [5.74, 6) is -2.37. The van der Waals surface area contributed by atoms with Gasteiger partial charge in [0.25, 0.3) is 0 Å². The van der Waals surface area contributed by atoms with Crippen LogP contribution >= 0.6 is 0 Å². The van der Waals surface area contributed by atoms with Gasteiger partial charge in [0, 0.05) is 5.56 Å². The van der Waals surface area contributed by atoms with Crippen molar-refractivity contribution in [3.05, 3.63) is 51.6 Å². The van der Waals surface area contributed by atoms with E-state index in [1.54, 1.807) is 30.3 Å². The molecule has 0 aliphatic heterocycles. The van der Waals surface area contributed by atoms with E-state index in [4.69, 9.17) is 4.74 Å². The Labute approximate surface area is 142 Å². The Kier molecular flexibility index (Phi) is 5.28. The fraction of sp³-hybridized carbons (Fsp3) is 0.188. The molecule has 0 aliphatic carbocycles. The van der Waals surface area contributed by atoms with Crippen molar-refractivity contribution in [3.63, 3.8) is 0 Å². The molecule has 0 saturated carbocycles. The van der Waals surface area contributed by atoms with Crippen molar-refractivity contribution >= 4 is 17.6 Å². The predicted octanol–water partition coefficient (Wildman–Crippen LogP) is 2.24. The molecule has 0 atom stereocenters. The molecule has 9 nitrogen and oxygen atoms in total. The number of carbonyl (C=O) groups is 2. The van der Waals surface area contributed by atoms with Crippen LogP contribution in [-0.2, 0) is 9.47 Å². The summed E-state index contributed by atoms with van der Waals surface area (Å²) in [5.41, 5.74) is -1.47. The number of benzene rings is 1. The lowest BCUT2D eigenvalue weighted by molar-refractivity contribution is -0.384. The second-order valence-electron chi connectivity index (χ2n) is 4.67. The lowest BCUT2D eigenvalue weighted by Gasteiger charge is -2.13. The van der Waals surface area contributed by atoms with Gasteiger partial charge in [0.05, 0.1) is 26.3 Å². The number of aromatic nitrogens is 1. The third-order valence-corrected chi connectivity index (χ3v) is 3.34. The number of methoxy groups -OCH3 is 3. The van der Waals surface area contributed by atoms with Crippen LogP contribution in [0.15, 0.2) is 30.3 Å². The highest BCUT2D eigenvalue weighted by molar-refractivity contribution is 6.09. The van der Waals surface area contributed by atoms with Gasteiger partial charge < -0.3 is 14.2 Å². The van der Waals surface area contributed by atoms with E-state index >= 15 is 0 Å². The van der Waals surface area contributed by atoms with Crippen LogP contribution in [0.4, 0.5) is 5.69 Å². The van der Waals surface area contributed by atoms with Crippen molar-refractivity contribution < 1.29 is 28.7 Å². The van der Waals surface area contributed by atoms with Crippen molar-refractivity contribution in [1.29, 1.82) is 0 Å². The van der Waals surface area contributed by atoms with E-state index in [0.717, 1.165) is 14.2 Å². The number of carbonyl (C=O) groups excluding carboxylic acids is 2. The lowest BCUT2D eigenvalue weighted by atomic mass is 10.0. The minimum Gasteiger partial charge on any atom is -0.480 e. The van der Waals surface area contributed by atoms with E-state index in [1.807, 2.05) is 0 Å². The molecule has 0 aliphatic rings. The van der Waals surface area contributed by atoms with Gasteiger partial charge in [0.15, 0.2) is 11.3 Å². The molecule has 1 heterocycles. The van der Waals surface area contributed by atoms with Gasteiger partial charge in [0.1, 0.15) is 5.56 Å². The number of hydrogen-bond donors (Lipinski definition) is 0. The van der Waals surface area contributed by atoms with Gasteiger partial charge in [-0.3, -0.25) is 10.1 Å². The second kappa shape index (κ2) is 7.39. The molecule has 1 aromatic carbocycles. The average Bonchev–Trinajstić information content (AvgIpc) is 2.65. The second-order valence-corrected chi connectivity index (χ2v) is 4.67. The van der Waals surface area contributed by atoms with Gasteiger partial charge >= 0.3 is 17.6 Å². The molecular formula is C16H14N2O7. The number of esters is 2. The van der Waals surface area contributed by atoms with Crippen LogP contribution in [0.25, 0.3) is 11.3 Å². The summed E-state index contributed by atoms with van der Waals surface area (Å²) in [6.07, 6.45) is 0.